The number of nitrogens with two attached hydrogens (primary N) is 1. The molecule has 0 spiro atoms. The van der Waals surface area contributed by atoms with Crippen LogP contribution in [0.1, 0.15) is 58.8 Å². The first-order valence-corrected chi connectivity index (χ1v) is 6.48. The van der Waals surface area contributed by atoms with Gasteiger partial charge in [0, 0.05) is 18.1 Å². The van der Waals surface area contributed by atoms with Gasteiger partial charge in [0.05, 0.1) is 0 Å². The Bertz CT molecular complexity index is 164. The molecule has 0 bridgehead atoms. The minimum Gasteiger partial charge on any atom is -0.324 e. The van der Waals surface area contributed by atoms with E-state index in [1.165, 1.54) is 44.9 Å². The van der Waals surface area contributed by atoms with Crippen LogP contribution in [0.5, 0.6) is 0 Å². The molecule has 2 nitrogen and oxygen atoms in total. The molecule has 1 aliphatic carbocycles. The minimum atomic E-state index is -0.0584. The molecule has 1 rings (SSSR count). The van der Waals surface area contributed by atoms with Crippen LogP contribution in [0.25, 0.3) is 0 Å². The highest BCUT2D eigenvalue weighted by molar-refractivity contribution is 4.80. The molecule has 1 aliphatic rings. The van der Waals surface area contributed by atoms with E-state index in [2.05, 4.69) is 25.8 Å². The number of likely N-dealkylation sites (N-methyl/N-ethyl adjacent to an activating group) is 1. The lowest BCUT2D eigenvalue weighted by molar-refractivity contribution is 0.173. The van der Waals surface area contributed by atoms with Crippen LogP contribution < -0.4 is 5.73 Å². The van der Waals surface area contributed by atoms with Gasteiger partial charge in [-0.1, -0.05) is 32.1 Å². The number of hydrogen-bond donors (Lipinski definition) is 1. The molecule has 0 aromatic rings. The summed E-state index contributed by atoms with van der Waals surface area (Å²) in [5, 5.41) is 0. The summed E-state index contributed by atoms with van der Waals surface area (Å²) in [4.78, 5) is 2.48. The first-order chi connectivity index (χ1) is 6.99. The molecule has 2 N–H and O–H groups in total. The van der Waals surface area contributed by atoms with Crippen molar-refractivity contribution in [2.24, 2.45) is 5.73 Å². The summed E-state index contributed by atoms with van der Waals surface area (Å²) >= 11 is 0. The van der Waals surface area contributed by atoms with E-state index in [1.54, 1.807) is 0 Å². The second-order valence-electron chi connectivity index (χ2n) is 5.90. The van der Waals surface area contributed by atoms with Crippen LogP contribution in [-0.2, 0) is 0 Å². The SMILES string of the molecule is CN(CC(C)(C)N)C1CCCCCCC1. The third kappa shape index (κ3) is 5.53. The Hall–Kier alpha value is -0.0800. The summed E-state index contributed by atoms with van der Waals surface area (Å²) in [5.74, 6) is 0. The number of hydrogen-bond acceptors (Lipinski definition) is 2. The molecule has 1 fully saturated rings. The lowest BCUT2D eigenvalue weighted by Gasteiger charge is -2.34. The highest BCUT2D eigenvalue weighted by atomic mass is 15.1. The van der Waals surface area contributed by atoms with E-state index >= 15 is 0 Å². The van der Waals surface area contributed by atoms with Gasteiger partial charge in [0.2, 0.25) is 0 Å². The number of nitrogens with zero attached hydrogens (tertiary/aromatic N) is 1. The molecule has 0 aliphatic heterocycles. The highest BCUT2D eigenvalue weighted by Crippen LogP contribution is 2.21. The van der Waals surface area contributed by atoms with E-state index in [4.69, 9.17) is 5.73 Å². The second-order valence-corrected chi connectivity index (χ2v) is 5.90. The third-order valence-electron chi connectivity index (χ3n) is 3.35. The van der Waals surface area contributed by atoms with Gasteiger partial charge >= 0.3 is 0 Å². The molecule has 0 amide bonds. The molecule has 0 atom stereocenters. The standard InChI is InChI=1S/C13H28N2/c1-13(2,14)11-15(3)12-9-7-5-4-6-8-10-12/h12H,4-11,14H2,1-3H3. The fraction of sp³-hybridized carbons (Fsp3) is 1.00. The van der Waals surface area contributed by atoms with Crippen LogP contribution in [-0.4, -0.2) is 30.1 Å². The average molecular weight is 212 g/mol. The zero-order valence-corrected chi connectivity index (χ0v) is 10.8. The normalized spacial score (nSPS) is 21.4. The van der Waals surface area contributed by atoms with E-state index in [9.17, 15) is 0 Å². The van der Waals surface area contributed by atoms with Crippen molar-refractivity contribution in [3.8, 4) is 0 Å². The molecule has 0 aromatic carbocycles. The van der Waals surface area contributed by atoms with Crippen LogP contribution in [0.3, 0.4) is 0 Å². The topological polar surface area (TPSA) is 29.3 Å². The van der Waals surface area contributed by atoms with Crippen molar-refractivity contribution in [2.75, 3.05) is 13.6 Å². The van der Waals surface area contributed by atoms with E-state index in [0.717, 1.165) is 12.6 Å². The van der Waals surface area contributed by atoms with Gasteiger partial charge in [0.25, 0.3) is 0 Å². The second kappa shape index (κ2) is 5.86. The molecule has 0 aromatic heterocycles. The molecular weight excluding hydrogens is 184 g/mol. The van der Waals surface area contributed by atoms with Gasteiger partial charge in [-0.2, -0.15) is 0 Å². The van der Waals surface area contributed by atoms with Crippen molar-refractivity contribution in [1.82, 2.24) is 4.90 Å². The van der Waals surface area contributed by atoms with Crippen LogP contribution >= 0.6 is 0 Å². The third-order valence-corrected chi connectivity index (χ3v) is 3.35. The van der Waals surface area contributed by atoms with Crippen LogP contribution in [0, 0.1) is 0 Å². The first kappa shape index (κ1) is 13.0. The largest absolute Gasteiger partial charge is 0.324 e. The molecule has 0 saturated heterocycles. The fourth-order valence-corrected chi connectivity index (χ4v) is 2.65. The Morgan fingerprint density at radius 3 is 2.00 bits per heavy atom. The summed E-state index contributed by atoms with van der Waals surface area (Å²) in [6.45, 7) is 5.25. The summed E-state index contributed by atoms with van der Waals surface area (Å²) in [6, 6.07) is 0.771. The summed E-state index contributed by atoms with van der Waals surface area (Å²) in [7, 11) is 2.24. The predicted octanol–water partition coefficient (Wildman–Crippen LogP) is 2.77. The van der Waals surface area contributed by atoms with E-state index in [0.29, 0.717) is 0 Å². The molecule has 0 heterocycles. The molecule has 2 heteroatoms. The first-order valence-electron chi connectivity index (χ1n) is 6.48. The minimum absolute atomic E-state index is 0.0584. The van der Waals surface area contributed by atoms with E-state index in [1.807, 2.05) is 0 Å². The lowest BCUT2D eigenvalue weighted by Crippen LogP contribution is -2.47. The van der Waals surface area contributed by atoms with Gasteiger partial charge < -0.3 is 10.6 Å². The Morgan fingerprint density at radius 2 is 1.53 bits per heavy atom. The zero-order valence-electron chi connectivity index (χ0n) is 10.8. The van der Waals surface area contributed by atoms with Gasteiger partial charge in [-0.25, -0.2) is 0 Å². The summed E-state index contributed by atoms with van der Waals surface area (Å²) in [6.07, 6.45) is 9.84. The lowest BCUT2D eigenvalue weighted by atomic mass is 9.94. The maximum Gasteiger partial charge on any atom is 0.0226 e. The molecule has 90 valence electrons. The van der Waals surface area contributed by atoms with Crippen molar-refractivity contribution < 1.29 is 0 Å². The van der Waals surface area contributed by atoms with Crippen molar-refractivity contribution in [2.45, 2.75) is 70.4 Å². The van der Waals surface area contributed by atoms with Gasteiger partial charge in [-0.3, -0.25) is 0 Å². The number of rotatable bonds is 3. The van der Waals surface area contributed by atoms with Crippen molar-refractivity contribution in [3.63, 3.8) is 0 Å². The van der Waals surface area contributed by atoms with Crippen molar-refractivity contribution >= 4 is 0 Å². The average Bonchev–Trinajstić information content (AvgIpc) is 1.98. The highest BCUT2D eigenvalue weighted by Gasteiger charge is 2.21. The maximum absolute atomic E-state index is 6.07. The molecule has 0 unspecified atom stereocenters. The Balaban J connectivity index is 2.38. The predicted molar refractivity (Wildman–Crippen MR) is 67.0 cm³/mol. The molecule has 1 saturated carbocycles. The smallest absolute Gasteiger partial charge is 0.0226 e. The quantitative estimate of drug-likeness (QED) is 0.779. The van der Waals surface area contributed by atoms with Crippen molar-refractivity contribution in [1.29, 1.82) is 0 Å². The van der Waals surface area contributed by atoms with Gasteiger partial charge in [0.15, 0.2) is 0 Å². The summed E-state index contributed by atoms with van der Waals surface area (Å²) in [5.41, 5.74) is 6.01. The van der Waals surface area contributed by atoms with Crippen LogP contribution in [0.4, 0.5) is 0 Å². The van der Waals surface area contributed by atoms with Gasteiger partial charge in [-0.05, 0) is 33.7 Å². The van der Waals surface area contributed by atoms with Gasteiger partial charge in [0.1, 0.15) is 0 Å². The summed E-state index contributed by atoms with van der Waals surface area (Å²) < 4.78 is 0. The molecule has 0 radical (unpaired) electrons. The fourth-order valence-electron chi connectivity index (χ4n) is 2.65. The van der Waals surface area contributed by atoms with E-state index < -0.39 is 0 Å². The van der Waals surface area contributed by atoms with Crippen LogP contribution in [0.2, 0.25) is 0 Å². The van der Waals surface area contributed by atoms with Crippen molar-refractivity contribution in [3.05, 3.63) is 0 Å². The maximum atomic E-state index is 6.07. The Labute approximate surface area is 95.2 Å². The van der Waals surface area contributed by atoms with Gasteiger partial charge in [-0.15, -0.1) is 0 Å². The molecule has 15 heavy (non-hydrogen) atoms. The Morgan fingerprint density at radius 1 is 1.07 bits per heavy atom. The molecular formula is C13H28N2. The zero-order chi connectivity index (χ0) is 11.3. The monoisotopic (exact) mass is 212 g/mol. The van der Waals surface area contributed by atoms with Crippen LogP contribution in [0.15, 0.2) is 0 Å². The Kier molecular flexibility index (Phi) is 5.07. The van der Waals surface area contributed by atoms with E-state index in [-0.39, 0.29) is 5.54 Å².